The lowest BCUT2D eigenvalue weighted by Crippen LogP contribution is -1.99. The number of nitrogens with zero attached hydrogens (tertiary/aromatic N) is 1. The van der Waals surface area contributed by atoms with Gasteiger partial charge in [-0.25, -0.2) is 9.37 Å². The molecule has 2 aromatic carbocycles. The largest absolute Gasteiger partial charge is 0.293 e. The van der Waals surface area contributed by atoms with Crippen molar-refractivity contribution in [2.24, 2.45) is 0 Å². The van der Waals surface area contributed by atoms with Gasteiger partial charge in [-0.2, -0.15) is 0 Å². The minimum absolute atomic E-state index is 0.129. The maximum Gasteiger partial charge on any atom is 0.178 e. The lowest BCUT2D eigenvalue weighted by atomic mass is 9.98. The predicted molar refractivity (Wildman–Crippen MR) is 81.9 cm³/mol. The molecule has 1 heterocycles. The van der Waals surface area contributed by atoms with Crippen LogP contribution in [0.1, 0.15) is 23.0 Å². The maximum atomic E-state index is 14.1. The summed E-state index contributed by atoms with van der Waals surface area (Å²) in [5, 5.41) is 0.843. The average Bonchev–Trinajstić information content (AvgIpc) is 2.46. The van der Waals surface area contributed by atoms with E-state index in [9.17, 15) is 9.18 Å². The molecule has 3 heteroatoms. The Balaban J connectivity index is 2.40. The number of pyridine rings is 1. The van der Waals surface area contributed by atoms with Crippen LogP contribution in [0.2, 0.25) is 0 Å². The van der Waals surface area contributed by atoms with Crippen molar-refractivity contribution in [3.8, 4) is 11.1 Å². The number of carbonyl (C=O) groups is 1. The Labute approximate surface area is 122 Å². The van der Waals surface area contributed by atoms with Crippen LogP contribution >= 0.6 is 0 Å². The van der Waals surface area contributed by atoms with Crippen LogP contribution in [-0.2, 0) is 0 Å². The number of fused-ring (bicyclic) bond motifs is 1. The Kier molecular flexibility index (Phi) is 3.26. The van der Waals surface area contributed by atoms with Crippen LogP contribution in [0.25, 0.3) is 22.0 Å². The summed E-state index contributed by atoms with van der Waals surface area (Å²) in [7, 11) is 0. The SMILES string of the molecule is CC(=O)c1cc(-c2ccccc2F)c2ccc(C)cc2n1. The zero-order valence-corrected chi connectivity index (χ0v) is 11.9. The minimum atomic E-state index is -0.305. The van der Waals surface area contributed by atoms with E-state index in [1.807, 2.05) is 25.1 Å². The number of carbonyl (C=O) groups excluding carboxylic acids is 1. The molecule has 104 valence electrons. The van der Waals surface area contributed by atoms with E-state index in [4.69, 9.17) is 0 Å². The molecular weight excluding hydrogens is 265 g/mol. The topological polar surface area (TPSA) is 30.0 Å². The van der Waals surface area contributed by atoms with Gasteiger partial charge >= 0.3 is 0 Å². The number of halogens is 1. The van der Waals surface area contributed by atoms with Crippen LogP contribution in [-0.4, -0.2) is 10.8 Å². The summed E-state index contributed by atoms with van der Waals surface area (Å²) in [6.07, 6.45) is 0. The third-order valence-electron chi connectivity index (χ3n) is 3.49. The molecule has 0 aliphatic rings. The highest BCUT2D eigenvalue weighted by atomic mass is 19.1. The molecule has 0 aliphatic carbocycles. The highest BCUT2D eigenvalue weighted by Crippen LogP contribution is 2.31. The van der Waals surface area contributed by atoms with Crippen LogP contribution in [0.4, 0.5) is 4.39 Å². The number of rotatable bonds is 2. The van der Waals surface area contributed by atoms with Crippen molar-refractivity contribution in [3.05, 3.63) is 65.6 Å². The van der Waals surface area contributed by atoms with E-state index in [0.29, 0.717) is 22.3 Å². The van der Waals surface area contributed by atoms with Gasteiger partial charge in [0.15, 0.2) is 5.78 Å². The molecule has 3 rings (SSSR count). The average molecular weight is 279 g/mol. The van der Waals surface area contributed by atoms with Crippen LogP contribution < -0.4 is 0 Å². The first-order valence-electron chi connectivity index (χ1n) is 6.73. The van der Waals surface area contributed by atoms with Gasteiger partial charge in [0.2, 0.25) is 0 Å². The third kappa shape index (κ3) is 2.42. The smallest absolute Gasteiger partial charge is 0.178 e. The highest BCUT2D eigenvalue weighted by molar-refractivity contribution is 6.01. The molecule has 1 aromatic heterocycles. The second-order valence-corrected chi connectivity index (χ2v) is 5.11. The van der Waals surface area contributed by atoms with Crippen LogP contribution in [0.15, 0.2) is 48.5 Å². The van der Waals surface area contributed by atoms with E-state index in [1.54, 1.807) is 24.3 Å². The van der Waals surface area contributed by atoms with Crippen molar-refractivity contribution in [2.45, 2.75) is 13.8 Å². The first-order chi connectivity index (χ1) is 10.1. The maximum absolute atomic E-state index is 14.1. The second kappa shape index (κ2) is 5.09. The molecule has 0 N–H and O–H groups in total. The van der Waals surface area contributed by atoms with E-state index in [0.717, 1.165) is 10.9 Å². The monoisotopic (exact) mass is 279 g/mol. The van der Waals surface area contributed by atoms with E-state index in [1.165, 1.54) is 13.0 Å². The van der Waals surface area contributed by atoms with Gasteiger partial charge in [-0.3, -0.25) is 4.79 Å². The standard InChI is InChI=1S/C18H14FNO/c1-11-7-8-14-15(13-5-3-4-6-16(13)19)10-17(12(2)21)20-18(14)9-11/h3-10H,1-2H3. The highest BCUT2D eigenvalue weighted by Gasteiger charge is 2.13. The van der Waals surface area contributed by atoms with Gasteiger partial charge in [-0.15, -0.1) is 0 Å². The summed E-state index contributed by atoms with van der Waals surface area (Å²) in [6, 6.07) is 14.0. The zero-order chi connectivity index (χ0) is 15.0. The fraction of sp³-hybridized carbons (Fsp3) is 0.111. The summed E-state index contributed by atoms with van der Waals surface area (Å²) in [4.78, 5) is 16.1. The number of Topliss-reactive ketones (excluding diaryl/α,β-unsaturated/α-hetero) is 1. The van der Waals surface area contributed by atoms with Crippen LogP contribution in [0, 0.1) is 12.7 Å². The zero-order valence-electron chi connectivity index (χ0n) is 11.9. The first-order valence-corrected chi connectivity index (χ1v) is 6.73. The Morgan fingerprint density at radius 1 is 1.05 bits per heavy atom. The Bertz CT molecular complexity index is 855. The number of hydrogen-bond acceptors (Lipinski definition) is 2. The third-order valence-corrected chi connectivity index (χ3v) is 3.49. The van der Waals surface area contributed by atoms with Crippen molar-refractivity contribution >= 4 is 16.7 Å². The molecule has 3 aromatic rings. The van der Waals surface area contributed by atoms with Gasteiger partial charge in [-0.1, -0.05) is 30.3 Å². The van der Waals surface area contributed by atoms with Gasteiger partial charge in [0, 0.05) is 17.9 Å². The quantitative estimate of drug-likeness (QED) is 0.644. The molecule has 0 saturated heterocycles. The van der Waals surface area contributed by atoms with E-state index >= 15 is 0 Å². The predicted octanol–water partition coefficient (Wildman–Crippen LogP) is 4.55. The normalized spacial score (nSPS) is 10.8. The number of aryl methyl sites for hydroxylation is 1. The van der Waals surface area contributed by atoms with E-state index < -0.39 is 0 Å². The Morgan fingerprint density at radius 3 is 2.52 bits per heavy atom. The van der Waals surface area contributed by atoms with Crippen molar-refractivity contribution in [2.75, 3.05) is 0 Å². The molecule has 0 atom stereocenters. The molecule has 21 heavy (non-hydrogen) atoms. The molecule has 0 amide bonds. The fourth-order valence-electron chi connectivity index (χ4n) is 2.42. The molecule has 0 radical (unpaired) electrons. The van der Waals surface area contributed by atoms with Gasteiger partial charge < -0.3 is 0 Å². The van der Waals surface area contributed by atoms with Gasteiger partial charge in [-0.05, 0) is 36.2 Å². The second-order valence-electron chi connectivity index (χ2n) is 5.11. The summed E-state index contributed by atoms with van der Waals surface area (Å²) in [6.45, 7) is 3.43. The molecule has 0 saturated carbocycles. The fourth-order valence-corrected chi connectivity index (χ4v) is 2.42. The van der Waals surface area contributed by atoms with Crippen molar-refractivity contribution < 1.29 is 9.18 Å². The molecule has 0 spiro atoms. The lowest BCUT2D eigenvalue weighted by Gasteiger charge is -2.10. The lowest BCUT2D eigenvalue weighted by molar-refractivity contribution is 0.101. The number of aromatic nitrogens is 1. The van der Waals surface area contributed by atoms with Crippen molar-refractivity contribution in [1.82, 2.24) is 4.98 Å². The van der Waals surface area contributed by atoms with Crippen molar-refractivity contribution in [3.63, 3.8) is 0 Å². The van der Waals surface area contributed by atoms with E-state index in [2.05, 4.69) is 4.98 Å². The molecule has 0 bridgehead atoms. The summed E-state index contributed by atoms with van der Waals surface area (Å²) in [5.74, 6) is -0.434. The summed E-state index contributed by atoms with van der Waals surface area (Å²) >= 11 is 0. The van der Waals surface area contributed by atoms with Gasteiger partial charge in [0.05, 0.1) is 5.52 Å². The van der Waals surface area contributed by atoms with Crippen LogP contribution in [0.3, 0.4) is 0 Å². The molecule has 2 nitrogen and oxygen atoms in total. The van der Waals surface area contributed by atoms with Gasteiger partial charge in [0.1, 0.15) is 11.5 Å². The van der Waals surface area contributed by atoms with E-state index in [-0.39, 0.29) is 11.6 Å². The number of ketones is 1. The summed E-state index contributed by atoms with van der Waals surface area (Å²) < 4.78 is 14.1. The van der Waals surface area contributed by atoms with Crippen LogP contribution in [0.5, 0.6) is 0 Å². The number of benzene rings is 2. The molecule has 0 aliphatic heterocycles. The molecule has 0 unspecified atom stereocenters. The minimum Gasteiger partial charge on any atom is -0.293 e. The summed E-state index contributed by atoms with van der Waals surface area (Å²) in [5.41, 5.74) is 3.29. The molecular formula is C18H14FNO. The van der Waals surface area contributed by atoms with Gasteiger partial charge in [0.25, 0.3) is 0 Å². The Morgan fingerprint density at radius 2 is 1.81 bits per heavy atom. The van der Waals surface area contributed by atoms with Crippen molar-refractivity contribution in [1.29, 1.82) is 0 Å². The molecule has 0 fully saturated rings. The number of hydrogen-bond donors (Lipinski definition) is 0. The first kappa shape index (κ1) is 13.4. The Hall–Kier alpha value is -2.55.